The van der Waals surface area contributed by atoms with Gasteiger partial charge in [-0.15, -0.1) is 15.3 Å². The number of amides is 3. The second kappa shape index (κ2) is 28.0. The lowest BCUT2D eigenvalue weighted by atomic mass is 10.1. The van der Waals surface area contributed by atoms with Gasteiger partial charge in [-0.25, -0.2) is 38.2 Å². The predicted molar refractivity (Wildman–Crippen MR) is 359 cm³/mol. The molecule has 0 unspecified atom stereocenters. The molecular weight excluding hydrogens is 1220 g/mol. The standard InChI is InChI=1S/C25H19N7O.2C23H16N8O/c1-17-8-21(11-23(9-17)31-15-18(2)28-16-31)30-25(33)20-10-19(12-26-13-20)5-6-22-14-27-24-4-3-7-29-32(22)24;1-16-7-19(10-21(8-16)30-14-26-27-15-30)29-23(32)18-9-17(11-24-12-18)4-5-20-13-25-22-3-2-6-28-31(20)22;1-16-9-19(12-21(10-16)30-8-7-26-29-30)28-23(32)18-11-17(13-24-14-18)4-5-20-15-25-22-3-2-6-27-31(20)22/h3-4,7-16H,1-2H3,(H,30,33);2-3,6-15H,1H3,(H,29,32);2-3,6-15H,1H3,(H,28,32). The summed E-state index contributed by atoms with van der Waals surface area (Å²) in [6.45, 7) is 7.82. The maximum absolute atomic E-state index is 12.9. The first kappa shape index (κ1) is 61.4. The van der Waals surface area contributed by atoms with E-state index in [1.165, 1.54) is 18.6 Å². The Balaban J connectivity index is 0.000000131. The molecule has 12 aromatic heterocycles. The summed E-state index contributed by atoms with van der Waals surface area (Å²) in [5.74, 6) is 17.4. The van der Waals surface area contributed by atoms with Crippen molar-refractivity contribution in [1.82, 2.24) is 98.1 Å². The number of nitrogens with zero attached hydrogens (tertiary/aromatic N) is 20. The molecule has 15 aromatic rings. The summed E-state index contributed by atoms with van der Waals surface area (Å²) in [5.41, 5.74) is 15.6. The highest BCUT2D eigenvalue weighted by atomic mass is 16.2. The van der Waals surface area contributed by atoms with E-state index >= 15 is 0 Å². The summed E-state index contributed by atoms with van der Waals surface area (Å²) in [5, 5.41) is 37.0. The number of hydrogen-bond acceptors (Lipinski definition) is 17. The lowest BCUT2D eigenvalue weighted by Crippen LogP contribution is -2.13. The van der Waals surface area contributed by atoms with Gasteiger partial charge < -0.3 is 20.5 Å². The summed E-state index contributed by atoms with van der Waals surface area (Å²) in [7, 11) is 0. The van der Waals surface area contributed by atoms with Gasteiger partial charge in [-0.05, 0) is 171 Å². The number of pyridine rings is 3. The number of rotatable bonds is 9. The first-order valence-electron chi connectivity index (χ1n) is 29.7. The van der Waals surface area contributed by atoms with Gasteiger partial charge in [0.05, 0.1) is 71.1 Å². The average molecular weight is 1270 g/mol. The van der Waals surface area contributed by atoms with Crippen LogP contribution in [0.3, 0.4) is 0 Å². The number of carbonyl (C=O) groups is 3. The van der Waals surface area contributed by atoms with Crippen LogP contribution in [0.4, 0.5) is 17.1 Å². The Labute approximate surface area is 551 Å². The van der Waals surface area contributed by atoms with Crippen LogP contribution in [0.2, 0.25) is 0 Å². The van der Waals surface area contributed by atoms with Crippen molar-refractivity contribution in [2.24, 2.45) is 0 Å². The molecule has 97 heavy (non-hydrogen) atoms. The quantitative estimate of drug-likeness (QED) is 0.114. The van der Waals surface area contributed by atoms with Crippen LogP contribution in [0.15, 0.2) is 221 Å². The van der Waals surface area contributed by atoms with Crippen LogP contribution in [0.1, 0.15) is 87.2 Å². The minimum atomic E-state index is -0.284. The van der Waals surface area contributed by atoms with E-state index in [2.05, 4.69) is 122 Å². The fourth-order valence-corrected chi connectivity index (χ4v) is 9.84. The molecule has 26 heteroatoms. The van der Waals surface area contributed by atoms with Gasteiger partial charge in [0.25, 0.3) is 17.7 Å². The zero-order chi connectivity index (χ0) is 66.6. The van der Waals surface area contributed by atoms with Crippen molar-refractivity contribution in [1.29, 1.82) is 0 Å². The van der Waals surface area contributed by atoms with Gasteiger partial charge in [-0.3, -0.25) is 33.9 Å². The fourth-order valence-electron chi connectivity index (χ4n) is 9.84. The normalized spacial score (nSPS) is 10.6. The topological polar surface area (TPSA) is 296 Å². The second-order valence-corrected chi connectivity index (χ2v) is 21.6. The Morgan fingerprint density at radius 1 is 0.392 bits per heavy atom. The third-order valence-corrected chi connectivity index (χ3v) is 14.2. The van der Waals surface area contributed by atoms with Gasteiger partial charge in [0.2, 0.25) is 0 Å². The Morgan fingerprint density at radius 3 is 1.19 bits per heavy atom. The van der Waals surface area contributed by atoms with Crippen LogP contribution in [0.5, 0.6) is 0 Å². The van der Waals surface area contributed by atoms with Crippen LogP contribution in [0, 0.1) is 63.2 Å². The van der Waals surface area contributed by atoms with E-state index in [0.717, 1.165) is 45.1 Å². The zero-order valence-electron chi connectivity index (χ0n) is 52.0. The monoisotopic (exact) mass is 1270 g/mol. The van der Waals surface area contributed by atoms with Gasteiger partial charge in [0.15, 0.2) is 16.9 Å². The van der Waals surface area contributed by atoms with E-state index in [9.17, 15) is 14.4 Å². The summed E-state index contributed by atoms with van der Waals surface area (Å²) in [6, 6.07) is 33.3. The largest absolute Gasteiger partial charge is 0.322 e. The predicted octanol–water partition coefficient (Wildman–Crippen LogP) is 8.91. The van der Waals surface area contributed by atoms with E-state index in [1.807, 2.05) is 129 Å². The van der Waals surface area contributed by atoms with Gasteiger partial charge in [0.1, 0.15) is 29.7 Å². The summed E-state index contributed by atoms with van der Waals surface area (Å²) < 4.78 is 10.3. The van der Waals surface area contributed by atoms with Crippen LogP contribution in [-0.2, 0) is 0 Å². The molecule has 0 saturated carbocycles. The first-order valence-corrected chi connectivity index (χ1v) is 29.7. The van der Waals surface area contributed by atoms with Crippen LogP contribution >= 0.6 is 0 Å². The molecule has 0 fully saturated rings. The average Bonchev–Trinajstić information content (AvgIpc) is 2.05. The van der Waals surface area contributed by atoms with Crippen molar-refractivity contribution in [2.75, 3.05) is 16.0 Å². The Morgan fingerprint density at radius 2 is 0.794 bits per heavy atom. The molecule has 12 heterocycles. The number of hydrogen-bond donors (Lipinski definition) is 3. The third kappa shape index (κ3) is 15.0. The number of aromatic nitrogens is 20. The molecular formula is C71H51N23O3. The number of anilines is 3. The van der Waals surface area contributed by atoms with Gasteiger partial charge >= 0.3 is 0 Å². The molecule has 15 rings (SSSR count). The van der Waals surface area contributed by atoms with E-state index in [0.29, 0.717) is 78.8 Å². The van der Waals surface area contributed by atoms with Crippen molar-refractivity contribution in [3.05, 3.63) is 294 Å². The molecule has 3 aromatic carbocycles. The van der Waals surface area contributed by atoms with E-state index in [1.54, 1.807) is 128 Å². The molecule has 3 N–H and O–H groups in total. The zero-order valence-corrected chi connectivity index (χ0v) is 52.0. The fraction of sp³-hybridized carbons (Fsp3) is 0.0563. The van der Waals surface area contributed by atoms with Crippen molar-refractivity contribution in [3.8, 4) is 52.6 Å². The number of benzene rings is 3. The molecule has 0 bridgehead atoms. The molecule has 0 aliphatic carbocycles. The van der Waals surface area contributed by atoms with Crippen LogP contribution in [0.25, 0.3) is 34.0 Å². The van der Waals surface area contributed by atoms with Crippen molar-refractivity contribution >= 4 is 51.7 Å². The Kier molecular flexibility index (Phi) is 17.7. The van der Waals surface area contributed by atoms with Crippen molar-refractivity contribution in [2.45, 2.75) is 27.7 Å². The molecule has 26 nitrogen and oxygen atoms in total. The summed E-state index contributed by atoms with van der Waals surface area (Å²) >= 11 is 0. The molecule has 3 amide bonds. The number of carbonyl (C=O) groups excluding carboxylic acids is 3. The maximum atomic E-state index is 12.9. The number of aryl methyl sites for hydroxylation is 4. The van der Waals surface area contributed by atoms with Gasteiger partial charge in [-0.1, -0.05) is 23.0 Å². The lowest BCUT2D eigenvalue weighted by molar-refractivity contribution is 0.101. The van der Waals surface area contributed by atoms with Crippen LogP contribution in [-0.4, -0.2) is 116 Å². The third-order valence-electron chi connectivity index (χ3n) is 14.2. The molecule has 468 valence electrons. The highest BCUT2D eigenvalue weighted by Crippen LogP contribution is 2.23. The lowest BCUT2D eigenvalue weighted by Gasteiger charge is -2.10. The number of nitrogens with one attached hydrogen (secondary N) is 3. The molecule has 0 saturated heterocycles. The highest BCUT2D eigenvalue weighted by molar-refractivity contribution is 6.06. The second-order valence-electron chi connectivity index (χ2n) is 21.6. The van der Waals surface area contributed by atoms with Gasteiger partial charge in [-0.2, -0.15) is 15.3 Å². The molecule has 0 aliphatic rings. The number of fused-ring (bicyclic) bond motifs is 3. The van der Waals surface area contributed by atoms with Gasteiger partial charge in [0, 0.05) is 101 Å². The number of imidazole rings is 4. The Hall–Kier alpha value is -14.5. The minimum Gasteiger partial charge on any atom is -0.322 e. The van der Waals surface area contributed by atoms with E-state index in [4.69, 9.17) is 0 Å². The van der Waals surface area contributed by atoms with Crippen LogP contribution < -0.4 is 16.0 Å². The molecule has 0 atom stereocenters. The van der Waals surface area contributed by atoms with E-state index < -0.39 is 0 Å². The van der Waals surface area contributed by atoms with Crippen molar-refractivity contribution in [3.63, 3.8) is 0 Å². The first-order chi connectivity index (χ1) is 47.4. The smallest absolute Gasteiger partial charge is 0.257 e. The maximum Gasteiger partial charge on any atom is 0.257 e. The minimum absolute atomic E-state index is 0.263. The SMILES string of the molecule is Cc1cc(NC(=O)c2cncc(C#Cc3cnc4cccnn34)c2)cc(-n2ccnn2)c1.Cc1cc(NC(=O)c2cncc(C#Cc3cnc4cccnn34)c2)cc(-n2cnc(C)c2)c1.Cc1cc(NC(=O)c2cncc(C#Cc3cnc4cccnn34)c2)cc(-n2cnnc2)c1. The summed E-state index contributed by atoms with van der Waals surface area (Å²) in [4.78, 5) is 68.1. The van der Waals surface area contributed by atoms with E-state index in [-0.39, 0.29) is 17.7 Å². The van der Waals surface area contributed by atoms with Crippen molar-refractivity contribution < 1.29 is 14.4 Å². The molecule has 0 aliphatic heterocycles. The summed E-state index contributed by atoms with van der Waals surface area (Å²) in [6.07, 6.45) is 29.6. The highest BCUT2D eigenvalue weighted by Gasteiger charge is 2.14. The molecule has 0 radical (unpaired) electrons. The molecule has 0 spiro atoms. The Bertz CT molecular complexity index is 5410.